The lowest BCUT2D eigenvalue weighted by Crippen LogP contribution is -2.15. The highest BCUT2D eigenvalue weighted by molar-refractivity contribution is 7.98. The number of aryl methyl sites for hydroxylation is 2. The number of benzene rings is 2. The number of fused-ring (bicyclic) bond motifs is 3. The van der Waals surface area contributed by atoms with Crippen LogP contribution >= 0.6 is 23.1 Å². The van der Waals surface area contributed by atoms with E-state index in [1.807, 2.05) is 54.8 Å². The zero-order valence-corrected chi connectivity index (χ0v) is 20.7. The third kappa shape index (κ3) is 4.49. The smallest absolute Gasteiger partial charge is 0.231 e. The highest BCUT2D eigenvalue weighted by Gasteiger charge is 2.14. The van der Waals surface area contributed by atoms with Gasteiger partial charge < -0.3 is 10.1 Å². The second kappa shape index (κ2) is 9.44. The number of nitrogens with zero attached hydrogens (tertiary/aromatic N) is 4. The van der Waals surface area contributed by atoms with Crippen molar-refractivity contribution in [2.45, 2.75) is 31.2 Å². The molecule has 0 unspecified atom stereocenters. The number of carbonyl (C=O) groups excluding carboxylic acids is 1. The van der Waals surface area contributed by atoms with E-state index >= 15 is 0 Å². The van der Waals surface area contributed by atoms with Gasteiger partial charge in [-0.15, -0.1) is 21.5 Å². The van der Waals surface area contributed by atoms with Gasteiger partial charge in [-0.2, -0.15) is 0 Å². The standard InChI is InChI=1S/C25H23N5O2S2/c1-15-6-4-5-7-20(15)27-23(31)12-24-26-17(13-33-24)14-34-25-29-28-22-10-16(2)19-9-8-18(32-3)11-21(19)30(22)25/h4-11,13H,12,14H2,1-3H3,(H,27,31). The Kier molecular flexibility index (Phi) is 6.21. The molecule has 7 nitrogen and oxygen atoms in total. The van der Waals surface area contributed by atoms with Gasteiger partial charge in [0.1, 0.15) is 10.8 Å². The number of hydrogen-bond donors (Lipinski definition) is 1. The lowest BCUT2D eigenvalue weighted by Gasteiger charge is -2.09. The Hall–Kier alpha value is -3.43. The number of aromatic nitrogens is 4. The van der Waals surface area contributed by atoms with Crippen molar-refractivity contribution in [1.29, 1.82) is 0 Å². The highest BCUT2D eigenvalue weighted by atomic mass is 32.2. The maximum atomic E-state index is 12.5. The average molecular weight is 490 g/mol. The number of pyridine rings is 1. The van der Waals surface area contributed by atoms with Crippen LogP contribution < -0.4 is 10.1 Å². The minimum absolute atomic E-state index is 0.0675. The fraction of sp³-hybridized carbons (Fsp3) is 0.200. The Balaban J connectivity index is 1.31. The molecular weight excluding hydrogens is 466 g/mol. The molecule has 3 heterocycles. The summed E-state index contributed by atoms with van der Waals surface area (Å²) in [6.45, 7) is 4.05. The van der Waals surface area contributed by atoms with Gasteiger partial charge in [0.05, 0.1) is 24.7 Å². The van der Waals surface area contributed by atoms with Crippen LogP contribution in [0.5, 0.6) is 5.75 Å². The van der Waals surface area contributed by atoms with Gasteiger partial charge in [0, 0.05) is 28.3 Å². The predicted octanol–water partition coefficient (Wildman–Crippen LogP) is 5.44. The molecule has 3 aromatic heterocycles. The van der Waals surface area contributed by atoms with E-state index in [2.05, 4.69) is 37.9 Å². The molecule has 1 amide bonds. The number of amides is 1. The normalized spacial score (nSPS) is 11.3. The first-order valence-corrected chi connectivity index (χ1v) is 12.6. The Labute approximate surface area is 205 Å². The molecule has 1 N–H and O–H groups in total. The Morgan fingerprint density at radius 1 is 1.12 bits per heavy atom. The highest BCUT2D eigenvalue weighted by Crippen LogP contribution is 2.30. The summed E-state index contributed by atoms with van der Waals surface area (Å²) >= 11 is 3.07. The van der Waals surface area contributed by atoms with Crippen LogP contribution in [0.3, 0.4) is 0 Å². The number of thiazole rings is 1. The van der Waals surface area contributed by atoms with E-state index in [9.17, 15) is 4.79 Å². The first-order valence-electron chi connectivity index (χ1n) is 10.8. The number of rotatable bonds is 7. The zero-order chi connectivity index (χ0) is 23.7. The number of carbonyl (C=O) groups is 1. The Morgan fingerprint density at radius 2 is 1.97 bits per heavy atom. The van der Waals surface area contributed by atoms with Gasteiger partial charge in [0.2, 0.25) is 5.91 Å². The molecule has 0 spiro atoms. The summed E-state index contributed by atoms with van der Waals surface area (Å²) in [5.41, 5.74) is 5.73. The summed E-state index contributed by atoms with van der Waals surface area (Å²) in [6, 6.07) is 15.8. The number of para-hydroxylation sites is 1. The number of hydrogen-bond acceptors (Lipinski definition) is 7. The van der Waals surface area contributed by atoms with Crippen LogP contribution in [0, 0.1) is 13.8 Å². The molecule has 0 atom stereocenters. The molecule has 172 valence electrons. The SMILES string of the molecule is COc1ccc2c(C)cc3nnc(SCc4csc(CC(=O)Nc5ccccc5C)n4)n3c2c1. The molecule has 0 aliphatic carbocycles. The molecule has 0 fully saturated rings. The molecule has 0 aliphatic rings. The Morgan fingerprint density at radius 3 is 2.79 bits per heavy atom. The van der Waals surface area contributed by atoms with Crippen molar-refractivity contribution in [1.82, 2.24) is 19.6 Å². The van der Waals surface area contributed by atoms with Crippen LogP contribution in [-0.2, 0) is 17.0 Å². The lowest BCUT2D eigenvalue weighted by atomic mass is 10.1. The summed E-state index contributed by atoms with van der Waals surface area (Å²) in [7, 11) is 1.66. The van der Waals surface area contributed by atoms with E-state index in [1.165, 1.54) is 11.3 Å². The second-order valence-electron chi connectivity index (χ2n) is 7.95. The quantitative estimate of drug-likeness (QED) is 0.307. The summed E-state index contributed by atoms with van der Waals surface area (Å²) < 4.78 is 7.49. The van der Waals surface area contributed by atoms with Gasteiger partial charge in [0.15, 0.2) is 10.8 Å². The summed E-state index contributed by atoms with van der Waals surface area (Å²) in [5, 5.41) is 16.5. The molecule has 0 radical (unpaired) electrons. The Bertz CT molecular complexity index is 1510. The topological polar surface area (TPSA) is 81.4 Å². The van der Waals surface area contributed by atoms with Crippen molar-refractivity contribution in [2.24, 2.45) is 0 Å². The first kappa shape index (κ1) is 22.4. The maximum Gasteiger partial charge on any atom is 0.231 e. The van der Waals surface area contributed by atoms with Crippen molar-refractivity contribution >= 4 is 51.2 Å². The van der Waals surface area contributed by atoms with Crippen molar-refractivity contribution in [3.63, 3.8) is 0 Å². The fourth-order valence-electron chi connectivity index (χ4n) is 3.80. The summed E-state index contributed by atoms with van der Waals surface area (Å²) in [4.78, 5) is 17.1. The van der Waals surface area contributed by atoms with E-state index in [4.69, 9.17) is 4.74 Å². The van der Waals surface area contributed by atoms with Gasteiger partial charge in [-0.3, -0.25) is 9.20 Å². The summed E-state index contributed by atoms with van der Waals surface area (Å²) in [5.74, 6) is 1.36. The molecule has 9 heteroatoms. The van der Waals surface area contributed by atoms with Gasteiger partial charge in [-0.05, 0) is 49.2 Å². The van der Waals surface area contributed by atoms with Crippen LogP contribution in [0.15, 0.2) is 59.1 Å². The number of ether oxygens (including phenoxy) is 1. The van der Waals surface area contributed by atoms with Crippen LogP contribution in [0.4, 0.5) is 5.69 Å². The molecule has 0 saturated heterocycles. The molecule has 5 aromatic rings. The van der Waals surface area contributed by atoms with Crippen LogP contribution in [0.25, 0.3) is 16.6 Å². The van der Waals surface area contributed by atoms with Crippen molar-refractivity contribution in [3.05, 3.63) is 75.7 Å². The largest absolute Gasteiger partial charge is 0.497 e. The van der Waals surface area contributed by atoms with Gasteiger partial charge in [-0.25, -0.2) is 4.98 Å². The van der Waals surface area contributed by atoms with Gasteiger partial charge in [-0.1, -0.05) is 30.0 Å². The lowest BCUT2D eigenvalue weighted by molar-refractivity contribution is -0.115. The number of thioether (sulfide) groups is 1. The molecule has 0 aliphatic heterocycles. The molecule has 0 bridgehead atoms. The zero-order valence-electron chi connectivity index (χ0n) is 19.0. The fourth-order valence-corrected chi connectivity index (χ4v) is 5.55. The number of anilines is 1. The molecule has 5 rings (SSSR count). The van der Waals surface area contributed by atoms with Crippen LogP contribution in [-0.4, -0.2) is 32.6 Å². The number of nitrogens with one attached hydrogen (secondary N) is 1. The first-order chi connectivity index (χ1) is 16.5. The van der Waals surface area contributed by atoms with Crippen LogP contribution in [0.1, 0.15) is 21.8 Å². The van der Waals surface area contributed by atoms with E-state index in [0.717, 1.165) is 55.0 Å². The monoisotopic (exact) mass is 489 g/mol. The number of methoxy groups -OCH3 is 1. The second-order valence-corrected chi connectivity index (χ2v) is 9.83. The van der Waals surface area contributed by atoms with Crippen LogP contribution in [0.2, 0.25) is 0 Å². The maximum absolute atomic E-state index is 12.5. The van der Waals surface area contributed by atoms with Gasteiger partial charge >= 0.3 is 0 Å². The molecule has 34 heavy (non-hydrogen) atoms. The van der Waals surface area contributed by atoms with E-state index in [-0.39, 0.29) is 12.3 Å². The molecule has 2 aromatic carbocycles. The van der Waals surface area contributed by atoms with Gasteiger partial charge in [0.25, 0.3) is 0 Å². The minimum atomic E-state index is -0.0675. The predicted molar refractivity (Wildman–Crippen MR) is 137 cm³/mol. The third-order valence-corrected chi connectivity index (χ3v) is 7.41. The molecule has 0 saturated carbocycles. The van der Waals surface area contributed by atoms with E-state index in [0.29, 0.717) is 5.75 Å². The van der Waals surface area contributed by atoms with Crippen molar-refractivity contribution in [2.75, 3.05) is 12.4 Å². The molecular formula is C25H23N5O2S2. The van der Waals surface area contributed by atoms with Crippen molar-refractivity contribution < 1.29 is 9.53 Å². The summed E-state index contributed by atoms with van der Waals surface area (Å²) in [6.07, 6.45) is 0.251. The third-order valence-electron chi connectivity index (χ3n) is 5.55. The van der Waals surface area contributed by atoms with E-state index in [1.54, 1.807) is 18.9 Å². The van der Waals surface area contributed by atoms with Crippen molar-refractivity contribution in [3.8, 4) is 5.75 Å². The van der Waals surface area contributed by atoms with E-state index < -0.39 is 0 Å². The average Bonchev–Trinajstić information content (AvgIpc) is 3.45. The minimum Gasteiger partial charge on any atom is -0.497 e.